The highest BCUT2D eigenvalue weighted by Crippen LogP contribution is 2.32. The van der Waals surface area contributed by atoms with Crippen LogP contribution in [0.4, 0.5) is 0 Å². The Balaban J connectivity index is 3.40. The van der Waals surface area contributed by atoms with E-state index in [9.17, 15) is 4.79 Å². The quantitative estimate of drug-likeness (QED) is 0.696. The molecule has 1 aromatic rings. The van der Waals surface area contributed by atoms with Gasteiger partial charge >= 0.3 is 0 Å². The van der Waals surface area contributed by atoms with E-state index in [4.69, 9.17) is 11.6 Å². The Morgan fingerprint density at radius 1 is 1.07 bits per heavy atom. The standard InChI is InChI=1S/C13H17ClO/c1-8(2)11-5-10(7-15)6-12(9(3)4)13(11)14/h5-9H,1-4H3. The van der Waals surface area contributed by atoms with Crippen LogP contribution in [0.1, 0.15) is 61.0 Å². The molecule has 1 aromatic carbocycles. The summed E-state index contributed by atoms with van der Waals surface area (Å²) in [6, 6.07) is 3.76. The molecule has 0 heterocycles. The van der Waals surface area contributed by atoms with Crippen molar-refractivity contribution >= 4 is 17.9 Å². The fraction of sp³-hybridized carbons (Fsp3) is 0.462. The van der Waals surface area contributed by atoms with Crippen molar-refractivity contribution in [2.75, 3.05) is 0 Å². The molecule has 2 heteroatoms. The highest BCUT2D eigenvalue weighted by Gasteiger charge is 2.13. The van der Waals surface area contributed by atoms with E-state index in [1.807, 2.05) is 12.1 Å². The zero-order chi connectivity index (χ0) is 11.6. The smallest absolute Gasteiger partial charge is 0.150 e. The number of hydrogen-bond donors (Lipinski definition) is 0. The number of carbonyl (C=O) groups is 1. The second-order valence-electron chi connectivity index (χ2n) is 4.44. The van der Waals surface area contributed by atoms with Crippen LogP contribution in [0.5, 0.6) is 0 Å². The van der Waals surface area contributed by atoms with Gasteiger partial charge in [0, 0.05) is 10.6 Å². The fourth-order valence-electron chi connectivity index (χ4n) is 1.60. The lowest BCUT2D eigenvalue weighted by Crippen LogP contribution is -1.98. The highest BCUT2D eigenvalue weighted by molar-refractivity contribution is 6.32. The summed E-state index contributed by atoms with van der Waals surface area (Å²) in [5, 5.41) is 0.811. The van der Waals surface area contributed by atoms with Gasteiger partial charge < -0.3 is 0 Å². The van der Waals surface area contributed by atoms with Gasteiger partial charge in [-0.15, -0.1) is 0 Å². The van der Waals surface area contributed by atoms with Gasteiger partial charge in [-0.3, -0.25) is 4.79 Å². The van der Waals surface area contributed by atoms with E-state index >= 15 is 0 Å². The van der Waals surface area contributed by atoms with Crippen LogP contribution in [0.15, 0.2) is 12.1 Å². The average molecular weight is 225 g/mol. The Morgan fingerprint density at radius 3 is 1.73 bits per heavy atom. The van der Waals surface area contributed by atoms with Crippen molar-refractivity contribution in [2.24, 2.45) is 0 Å². The lowest BCUT2D eigenvalue weighted by atomic mass is 9.93. The monoisotopic (exact) mass is 224 g/mol. The van der Waals surface area contributed by atoms with Gasteiger partial charge in [0.15, 0.2) is 0 Å². The molecule has 0 spiro atoms. The molecule has 82 valence electrons. The van der Waals surface area contributed by atoms with E-state index in [1.165, 1.54) is 0 Å². The van der Waals surface area contributed by atoms with E-state index < -0.39 is 0 Å². The van der Waals surface area contributed by atoms with E-state index in [-0.39, 0.29) is 0 Å². The second-order valence-corrected chi connectivity index (χ2v) is 4.82. The van der Waals surface area contributed by atoms with Gasteiger partial charge in [0.2, 0.25) is 0 Å². The first kappa shape index (κ1) is 12.3. The predicted molar refractivity (Wildman–Crippen MR) is 65.0 cm³/mol. The lowest BCUT2D eigenvalue weighted by molar-refractivity contribution is 0.112. The minimum absolute atomic E-state index is 0.342. The third kappa shape index (κ3) is 2.60. The maximum atomic E-state index is 10.8. The first-order valence-corrected chi connectivity index (χ1v) is 5.63. The second kappa shape index (κ2) is 4.80. The molecule has 0 bridgehead atoms. The van der Waals surface area contributed by atoms with Crippen LogP contribution in [0.25, 0.3) is 0 Å². The number of hydrogen-bond acceptors (Lipinski definition) is 1. The third-order valence-electron chi connectivity index (χ3n) is 2.53. The van der Waals surface area contributed by atoms with Crippen molar-refractivity contribution in [1.29, 1.82) is 0 Å². The molecule has 1 nitrogen and oxygen atoms in total. The number of carbonyl (C=O) groups excluding carboxylic acids is 1. The maximum Gasteiger partial charge on any atom is 0.150 e. The topological polar surface area (TPSA) is 17.1 Å². The Kier molecular flexibility index (Phi) is 3.92. The lowest BCUT2D eigenvalue weighted by Gasteiger charge is -2.15. The molecule has 0 unspecified atom stereocenters. The molecule has 15 heavy (non-hydrogen) atoms. The molecule has 0 fully saturated rings. The molecular formula is C13H17ClO. The molecule has 0 amide bonds. The molecule has 0 atom stereocenters. The first-order valence-electron chi connectivity index (χ1n) is 5.25. The van der Waals surface area contributed by atoms with Crippen LogP contribution in [0.2, 0.25) is 5.02 Å². The van der Waals surface area contributed by atoms with E-state index in [0.717, 1.165) is 22.4 Å². The van der Waals surface area contributed by atoms with Gasteiger partial charge in [0.25, 0.3) is 0 Å². The summed E-state index contributed by atoms with van der Waals surface area (Å²) in [5.41, 5.74) is 2.83. The summed E-state index contributed by atoms with van der Waals surface area (Å²) in [7, 11) is 0. The highest BCUT2D eigenvalue weighted by atomic mass is 35.5. The molecule has 1 rings (SSSR count). The zero-order valence-electron chi connectivity index (χ0n) is 9.67. The molecule has 0 aliphatic rings. The SMILES string of the molecule is CC(C)c1cc(C=O)cc(C(C)C)c1Cl. The van der Waals surface area contributed by atoms with Crippen molar-refractivity contribution in [2.45, 2.75) is 39.5 Å². The minimum atomic E-state index is 0.342. The molecule has 0 saturated heterocycles. The van der Waals surface area contributed by atoms with Gasteiger partial charge in [-0.25, -0.2) is 0 Å². The number of halogens is 1. The average Bonchev–Trinajstić information content (AvgIpc) is 2.17. The predicted octanol–water partition coefficient (Wildman–Crippen LogP) is 4.40. The van der Waals surface area contributed by atoms with Crippen LogP contribution in [0.3, 0.4) is 0 Å². The van der Waals surface area contributed by atoms with Crippen LogP contribution >= 0.6 is 11.6 Å². The Labute approximate surface area is 96.5 Å². The van der Waals surface area contributed by atoms with Crippen molar-refractivity contribution in [3.63, 3.8) is 0 Å². The summed E-state index contributed by atoms with van der Waals surface area (Å²) in [6.07, 6.45) is 0.883. The zero-order valence-corrected chi connectivity index (χ0v) is 10.4. The number of aldehydes is 1. The Bertz CT molecular complexity index is 338. The summed E-state index contributed by atoms with van der Waals surface area (Å²) < 4.78 is 0. The van der Waals surface area contributed by atoms with Crippen molar-refractivity contribution < 1.29 is 4.79 Å². The normalized spacial score (nSPS) is 11.1. The summed E-state index contributed by atoms with van der Waals surface area (Å²) in [6.45, 7) is 8.33. The minimum Gasteiger partial charge on any atom is -0.298 e. The molecule has 0 saturated carbocycles. The van der Waals surface area contributed by atoms with Crippen molar-refractivity contribution in [3.8, 4) is 0 Å². The van der Waals surface area contributed by atoms with Crippen LogP contribution in [-0.2, 0) is 0 Å². The molecule has 0 radical (unpaired) electrons. The molecule has 0 aliphatic carbocycles. The summed E-state index contributed by atoms with van der Waals surface area (Å²) >= 11 is 6.31. The van der Waals surface area contributed by atoms with E-state index in [1.54, 1.807) is 0 Å². The molecular weight excluding hydrogens is 208 g/mol. The number of benzene rings is 1. The van der Waals surface area contributed by atoms with Crippen LogP contribution in [-0.4, -0.2) is 6.29 Å². The van der Waals surface area contributed by atoms with Crippen LogP contribution < -0.4 is 0 Å². The van der Waals surface area contributed by atoms with Gasteiger partial charge in [-0.2, -0.15) is 0 Å². The van der Waals surface area contributed by atoms with Gasteiger partial charge in [0.05, 0.1) is 0 Å². The fourth-order valence-corrected chi connectivity index (χ4v) is 2.15. The maximum absolute atomic E-state index is 10.8. The Morgan fingerprint density at radius 2 is 1.47 bits per heavy atom. The summed E-state index contributed by atoms with van der Waals surface area (Å²) in [5.74, 6) is 0.685. The van der Waals surface area contributed by atoms with Crippen molar-refractivity contribution in [3.05, 3.63) is 33.8 Å². The third-order valence-corrected chi connectivity index (χ3v) is 2.97. The van der Waals surface area contributed by atoms with Gasteiger partial charge in [-0.05, 0) is 35.1 Å². The van der Waals surface area contributed by atoms with E-state index in [2.05, 4.69) is 27.7 Å². The molecule has 0 aliphatic heterocycles. The molecule has 0 aromatic heterocycles. The largest absolute Gasteiger partial charge is 0.298 e. The van der Waals surface area contributed by atoms with E-state index in [0.29, 0.717) is 17.4 Å². The van der Waals surface area contributed by atoms with Gasteiger partial charge in [0.1, 0.15) is 6.29 Å². The first-order chi connectivity index (χ1) is 6.97. The van der Waals surface area contributed by atoms with Crippen LogP contribution in [0, 0.1) is 0 Å². The molecule has 0 N–H and O–H groups in total. The number of rotatable bonds is 3. The Hall–Kier alpha value is -0.820. The van der Waals surface area contributed by atoms with Gasteiger partial charge in [-0.1, -0.05) is 39.3 Å². The van der Waals surface area contributed by atoms with Crippen molar-refractivity contribution in [1.82, 2.24) is 0 Å². The summed E-state index contributed by atoms with van der Waals surface area (Å²) in [4.78, 5) is 10.8.